The summed E-state index contributed by atoms with van der Waals surface area (Å²) in [5.41, 5.74) is 2.90. The summed E-state index contributed by atoms with van der Waals surface area (Å²) < 4.78 is 10.2. The number of nitrogens with one attached hydrogen (secondary N) is 2. The molecule has 1 heterocycles. The monoisotopic (exact) mass is 411 g/mol. The Kier molecular flexibility index (Phi) is 7.72. The van der Waals surface area contributed by atoms with Gasteiger partial charge in [-0.05, 0) is 30.7 Å². The van der Waals surface area contributed by atoms with Crippen LogP contribution in [0.5, 0.6) is 5.75 Å². The summed E-state index contributed by atoms with van der Waals surface area (Å²) in [5.74, 6) is 1.84. The number of H-pyrrole nitrogens is 1. The minimum absolute atomic E-state index is 0.0147. The first-order valence-corrected chi connectivity index (χ1v) is 10.4. The lowest BCUT2D eigenvalue weighted by molar-refractivity contribution is -0.118. The molecule has 0 unspecified atom stereocenters. The van der Waals surface area contributed by atoms with Gasteiger partial charge in [0.2, 0.25) is 5.91 Å². The fourth-order valence-electron chi connectivity index (χ4n) is 2.78. The van der Waals surface area contributed by atoms with Gasteiger partial charge in [-0.15, -0.1) is 0 Å². The molecule has 0 aliphatic heterocycles. The molecule has 0 saturated heterocycles. The molecule has 7 heteroatoms. The van der Waals surface area contributed by atoms with E-state index in [-0.39, 0.29) is 5.91 Å². The number of aromatic amines is 1. The normalized spacial score (nSPS) is 10.7. The van der Waals surface area contributed by atoms with Crippen molar-refractivity contribution >= 4 is 17.7 Å². The molecule has 29 heavy (non-hydrogen) atoms. The molecule has 3 rings (SSSR count). The third-order valence-electron chi connectivity index (χ3n) is 4.28. The van der Waals surface area contributed by atoms with Gasteiger partial charge < -0.3 is 19.8 Å². The van der Waals surface area contributed by atoms with Crippen molar-refractivity contribution in [3.8, 4) is 28.4 Å². The quantitative estimate of drug-likeness (QED) is 0.390. The first-order chi connectivity index (χ1) is 14.2. The highest BCUT2D eigenvalue weighted by atomic mass is 32.2. The third-order valence-corrected chi connectivity index (χ3v) is 5.26. The summed E-state index contributed by atoms with van der Waals surface area (Å²) in [6.45, 7) is 1.24. The maximum Gasteiger partial charge on any atom is 0.230 e. The fraction of sp³-hybridized carbons (Fsp3) is 0.273. The van der Waals surface area contributed by atoms with Crippen LogP contribution in [0.3, 0.4) is 0 Å². The summed E-state index contributed by atoms with van der Waals surface area (Å²) in [6, 6.07) is 17.7. The largest absolute Gasteiger partial charge is 0.497 e. The van der Waals surface area contributed by atoms with Crippen LogP contribution in [-0.2, 0) is 9.53 Å². The molecule has 0 fully saturated rings. The molecule has 0 atom stereocenters. The summed E-state index contributed by atoms with van der Waals surface area (Å²) in [7, 11) is 3.30. The van der Waals surface area contributed by atoms with Crippen LogP contribution in [0.25, 0.3) is 22.6 Å². The van der Waals surface area contributed by atoms with E-state index < -0.39 is 0 Å². The molecule has 0 aliphatic carbocycles. The number of benzene rings is 2. The molecule has 152 valence electrons. The van der Waals surface area contributed by atoms with Crippen molar-refractivity contribution in [3.05, 3.63) is 54.6 Å². The van der Waals surface area contributed by atoms with Crippen LogP contribution in [0.4, 0.5) is 0 Å². The van der Waals surface area contributed by atoms with E-state index in [0.717, 1.165) is 39.8 Å². The van der Waals surface area contributed by atoms with E-state index in [1.165, 1.54) is 11.8 Å². The van der Waals surface area contributed by atoms with Gasteiger partial charge in [0.05, 0.1) is 18.6 Å². The topological polar surface area (TPSA) is 76.2 Å². The third kappa shape index (κ3) is 5.85. The number of rotatable bonds is 10. The fourth-order valence-corrected chi connectivity index (χ4v) is 3.62. The number of carbonyl (C=O) groups excluding carboxylic acids is 1. The Balaban J connectivity index is 1.77. The number of thioether (sulfide) groups is 1. The van der Waals surface area contributed by atoms with Gasteiger partial charge in [-0.1, -0.05) is 42.1 Å². The van der Waals surface area contributed by atoms with Gasteiger partial charge >= 0.3 is 0 Å². The van der Waals surface area contributed by atoms with E-state index in [2.05, 4.69) is 10.3 Å². The van der Waals surface area contributed by atoms with E-state index in [1.54, 1.807) is 14.2 Å². The number of amides is 1. The minimum atomic E-state index is -0.0147. The van der Waals surface area contributed by atoms with Crippen LogP contribution < -0.4 is 10.1 Å². The Morgan fingerprint density at radius 2 is 1.83 bits per heavy atom. The second kappa shape index (κ2) is 10.7. The smallest absolute Gasteiger partial charge is 0.230 e. The summed E-state index contributed by atoms with van der Waals surface area (Å²) in [5, 5.41) is 3.71. The number of nitrogens with zero attached hydrogens (tertiary/aromatic N) is 1. The van der Waals surface area contributed by atoms with E-state index in [4.69, 9.17) is 14.5 Å². The highest BCUT2D eigenvalue weighted by Crippen LogP contribution is 2.32. The maximum absolute atomic E-state index is 12.2. The Morgan fingerprint density at radius 1 is 1.07 bits per heavy atom. The lowest BCUT2D eigenvalue weighted by Crippen LogP contribution is -2.26. The highest BCUT2D eigenvalue weighted by Gasteiger charge is 2.15. The van der Waals surface area contributed by atoms with Crippen LogP contribution >= 0.6 is 11.8 Å². The Bertz CT molecular complexity index is 911. The maximum atomic E-state index is 12.2. The Labute approximate surface area is 175 Å². The summed E-state index contributed by atoms with van der Waals surface area (Å²) in [6.07, 6.45) is 0.798. The number of imidazole rings is 1. The minimum Gasteiger partial charge on any atom is -0.497 e. The SMILES string of the molecule is COCCCNC(=O)CSc1nc(-c2ccc(OC)cc2)[nH]c1-c1ccccc1. The second-order valence-electron chi connectivity index (χ2n) is 6.35. The van der Waals surface area contributed by atoms with Crippen LogP contribution in [0.1, 0.15) is 6.42 Å². The van der Waals surface area contributed by atoms with Crippen molar-refractivity contribution in [1.29, 1.82) is 0 Å². The Hall–Kier alpha value is -2.77. The van der Waals surface area contributed by atoms with E-state index in [1.807, 2.05) is 54.6 Å². The van der Waals surface area contributed by atoms with Crippen molar-refractivity contribution in [2.75, 3.05) is 33.1 Å². The van der Waals surface area contributed by atoms with Gasteiger partial charge in [0.1, 0.15) is 16.6 Å². The molecule has 2 aromatic carbocycles. The zero-order valence-electron chi connectivity index (χ0n) is 16.6. The van der Waals surface area contributed by atoms with Gasteiger partial charge in [0.15, 0.2) is 0 Å². The molecule has 0 spiro atoms. The number of hydrogen-bond acceptors (Lipinski definition) is 5. The molecular weight excluding hydrogens is 386 g/mol. The predicted molar refractivity (Wildman–Crippen MR) is 116 cm³/mol. The lowest BCUT2D eigenvalue weighted by atomic mass is 10.2. The molecule has 1 aromatic heterocycles. The van der Waals surface area contributed by atoms with Crippen LogP contribution in [-0.4, -0.2) is 49.0 Å². The average molecular weight is 412 g/mol. The van der Waals surface area contributed by atoms with Crippen molar-refractivity contribution in [2.45, 2.75) is 11.4 Å². The van der Waals surface area contributed by atoms with E-state index in [9.17, 15) is 4.79 Å². The van der Waals surface area contributed by atoms with Gasteiger partial charge in [-0.3, -0.25) is 4.79 Å². The highest BCUT2D eigenvalue weighted by molar-refractivity contribution is 8.00. The average Bonchev–Trinajstić information content (AvgIpc) is 3.20. The number of hydrogen-bond donors (Lipinski definition) is 2. The van der Waals surface area contributed by atoms with Crippen LogP contribution in [0.2, 0.25) is 0 Å². The zero-order valence-corrected chi connectivity index (χ0v) is 17.4. The number of carbonyl (C=O) groups is 1. The molecule has 0 radical (unpaired) electrons. The number of methoxy groups -OCH3 is 2. The molecule has 0 aliphatic rings. The van der Waals surface area contributed by atoms with Crippen molar-refractivity contribution < 1.29 is 14.3 Å². The van der Waals surface area contributed by atoms with Crippen molar-refractivity contribution in [2.24, 2.45) is 0 Å². The molecule has 1 amide bonds. The van der Waals surface area contributed by atoms with E-state index in [0.29, 0.717) is 18.9 Å². The van der Waals surface area contributed by atoms with E-state index >= 15 is 0 Å². The van der Waals surface area contributed by atoms with Gasteiger partial charge in [-0.2, -0.15) is 0 Å². The summed E-state index contributed by atoms with van der Waals surface area (Å²) in [4.78, 5) is 20.3. The molecular formula is C22H25N3O3S. The van der Waals surface area contributed by atoms with Gasteiger partial charge in [0, 0.05) is 31.4 Å². The molecule has 2 N–H and O–H groups in total. The predicted octanol–water partition coefficient (Wildman–Crippen LogP) is 4.00. The van der Waals surface area contributed by atoms with Crippen LogP contribution in [0, 0.1) is 0 Å². The zero-order chi connectivity index (χ0) is 20.5. The molecule has 0 saturated carbocycles. The molecule has 0 bridgehead atoms. The Morgan fingerprint density at radius 3 is 2.52 bits per heavy atom. The summed E-state index contributed by atoms with van der Waals surface area (Å²) >= 11 is 1.43. The lowest BCUT2D eigenvalue weighted by Gasteiger charge is -2.05. The second-order valence-corrected chi connectivity index (χ2v) is 7.31. The first-order valence-electron chi connectivity index (χ1n) is 9.39. The molecule has 3 aromatic rings. The standard InChI is InChI=1S/C22H25N3O3S/c1-27-14-6-13-23-19(26)15-29-22-20(16-7-4-3-5-8-16)24-21(25-22)17-9-11-18(28-2)12-10-17/h3-5,7-12H,6,13-15H2,1-2H3,(H,23,26)(H,24,25). The van der Waals surface area contributed by atoms with Gasteiger partial charge in [0.25, 0.3) is 0 Å². The van der Waals surface area contributed by atoms with Gasteiger partial charge in [-0.25, -0.2) is 4.98 Å². The van der Waals surface area contributed by atoms with Crippen molar-refractivity contribution in [1.82, 2.24) is 15.3 Å². The van der Waals surface area contributed by atoms with Crippen molar-refractivity contribution in [3.63, 3.8) is 0 Å². The number of ether oxygens (including phenoxy) is 2. The first kappa shape index (κ1) is 21.0. The van der Waals surface area contributed by atoms with Crippen LogP contribution in [0.15, 0.2) is 59.6 Å². The molecule has 6 nitrogen and oxygen atoms in total. The number of aromatic nitrogens is 2.